The molecule has 22 heavy (non-hydrogen) atoms. The van der Waals surface area contributed by atoms with Gasteiger partial charge in [-0.1, -0.05) is 30.3 Å². The Kier molecular flexibility index (Phi) is 4.78. The lowest BCUT2D eigenvalue weighted by molar-refractivity contribution is -0.122. The van der Waals surface area contributed by atoms with Crippen molar-refractivity contribution in [1.82, 2.24) is 0 Å². The first kappa shape index (κ1) is 15.6. The number of aryl methyl sites for hydroxylation is 1. The highest BCUT2D eigenvalue weighted by Crippen LogP contribution is 2.20. The standard InChI is InChI=1S/C17H18N2O3/c1-11-7-3-5-9-14(11)19-17(21)12(2)22-15-10-6-4-8-13(15)16(18)20/h3-10,12H,1-2H3,(H2,18,20)(H,19,21)/t12-/m1/s1. The highest BCUT2D eigenvalue weighted by molar-refractivity contribution is 5.97. The Morgan fingerprint density at radius 3 is 2.41 bits per heavy atom. The number of carbonyl (C=O) groups is 2. The van der Waals surface area contributed by atoms with Crippen molar-refractivity contribution in [3.05, 3.63) is 59.7 Å². The maximum atomic E-state index is 12.2. The lowest BCUT2D eigenvalue weighted by atomic mass is 10.2. The monoisotopic (exact) mass is 298 g/mol. The first-order valence-electron chi connectivity index (χ1n) is 6.91. The van der Waals surface area contributed by atoms with Crippen molar-refractivity contribution in [3.8, 4) is 5.75 Å². The molecular weight excluding hydrogens is 280 g/mol. The van der Waals surface area contributed by atoms with Crippen LogP contribution in [0.25, 0.3) is 0 Å². The Bertz CT molecular complexity index is 698. The second kappa shape index (κ2) is 6.76. The van der Waals surface area contributed by atoms with Gasteiger partial charge in [0.25, 0.3) is 11.8 Å². The Morgan fingerprint density at radius 2 is 1.73 bits per heavy atom. The zero-order valence-electron chi connectivity index (χ0n) is 12.5. The average Bonchev–Trinajstić information content (AvgIpc) is 2.49. The number of ether oxygens (including phenoxy) is 1. The number of carbonyl (C=O) groups excluding carboxylic acids is 2. The quantitative estimate of drug-likeness (QED) is 0.889. The van der Waals surface area contributed by atoms with Gasteiger partial charge >= 0.3 is 0 Å². The van der Waals surface area contributed by atoms with Crippen LogP contribution < -0.4 is 15.8 Å². The van der Waals surface area contributed by atoms with E-state index in [1.54, 1.807) is 31.2 Å². The van der Waals surface area contributed by atoms with Gasteiger partial charge in [-0.3, -0.25) is 9.59 Å². The van der Waals surface area contributed by atoms with Crippen LogP contribution in [-0.4, -0.2) is 17.9 Å². The maximum Gasteiger partial charge on any atom is 0.265 e. The van der Waals surface area contributed by atoms with Gasteiger partial charge in [-0.05, 0) is 37.6 Å². The molecule has 3 N–H and O–H groups in total. The van der Waals surface area contributed by atoms with Crippen LogP contribution in [0.2, 0.25) is 0 Å². The Balaban J connectivity index is 2.09. The second-order valence-electron chi connectivity index (χ2n) is 4.92. The van der Waals surface area contributed by atoms with Crippen molar-refractivity contribution in [3.63, 3.8) is 0 Å². The molecular formula is C17H18N2O3. The zero-order chi connectivity index (χ0) is 16.1. The molecule has 0 saturated heterocycles. The fraction of sp³-hybridized carbons (Fsp3) is 0.176. The van der Waals surface area contributed by atoms with E-state index in [1.807, 2.05) is 31.2 Å². The fourth-order valence-electron chi connectivity index (χ4n) is 1.96. The van der Waals surface area contributed by atoms with Crippen LogP contribution >= 0.6 is 0 Å². The van der Waals surface area contributed by atoms with E-state index in [9.17, 15) is 9.59 Å². The topological polar surface area (TPSA) is 81.4 Å². The molecule has 0 radical (unpaired) electrons. The Labute approximate surface area is 129 Å². The van der Waals surface area contributed by atoms with E-state index in [0.717, 1.165) is 11.3 Å². The third-order valence-corrected chi connectivity index (χ3v) is 3.23. The molecule has 0 saturated carbocycles. The smallest absolute Gasteiger partial charge is 0.265 e. The average molecular weight is 298 g/mol. The van der Waals surface area contributed by atoms with Gasteiger partial charge in [-0.15, -0.1) is 0 Å². The largest absolute Gasteiger partial charge is 0.480 e. The van der Waals surface area contributed by atoms with Crippen molar-refractivity contribution >= 4 is 17.5 Å². The van der Waals surface area contributed by atoms with Crippen LogP contribution in [0.1, 0.15) is 22.8 Å². The highest BCUT2D eigenvalue weighted by atomic mass is 16.5. The van der Waals surface area contributed by atoms with E-state index < -0.39 is 12.0 Å². The molecule has 0 aromatic heterocycles. The molecule has 0 heterocycles. The van der Waals surface area contributed by atoms with Crippen molar-refractivity contribution in [1.29, 1.82) is 0 Å². The molecule has 2 rings (SSSR count). The molecule has 2 amide bonds. The molecule has 1 atom stereocenters. The summed E-state index contributed by atoms with van der Waals surface area (Å²) in [5.41, 5.74) is 7.23. The lowest BCUT2D eigenvalue weighted by Gasteiger charge is -2.17. The summed E-state index contributed by atoms with van der Waals surface area (Å²) in [5, 5.41) is 2.80. The second-order valence-corrected chi connectivity index (χ2v) is 4.92. The molecule has 0 aliphatic carbocycles. The normalized spacial score (nSPS) is 11.5. The summed E-state index contributed by atoms with van der Waals surface area (Å²) in [4.78, 5) is 23.5. The van der Waals surface area contributed by atoms with Gasteiger partial charge < -0.3 is 15.8 Å². The van der Waals surface area contributed by atoms with Gasteiger partial charge in [0, 0.05) is 5.69 Å². The third-order valence-electron chi connectivity index (χ3n) is 3.23. The number of hydrogen-bond acceptors (Lipinski definition) is 3. The van der Waals surface area contributed by atoms with Crippen molar-refractivity contribution in [2.75, 3.05) is 5.32 Å². The van der Waals surface area contributed by atoms with Gasteiger partial charge in [0.1, 0.15) is 5.75 Å². The van der Waals surface area contributed by atoms with Crippen LogP contribution in [0.15, 0.2) is 48.5 Å². The molecule has 5 heteroatoms. The third kappa shape index (κ3) is 3.63. The number of nitrogens with two attached hydrogens (primary N) is 1. The van der Waals surface area contributed by atoms with Crippen molar-refractivity contribution in [2.24, 2.45) is 5.73 Å². The fourth-order valence-corrected chi connectivity index (χ4v) is 1.96. The summed E-state index contributed by atoms with van der Waals surface area (Å²) in [6.45, 7) is 3.52. The molecule has 2 aromatic rings. The van der Waals surface area contributed by atoms with E-state index in [4.69, 9.17) is 10.5 Å². The number of para-hydroxylation sites is 2. The van der Waals surface area contributed by atoms with E-state index in [1.165, 1.54) is 0 Å². The number of anilines is 1. The minimum absolute atomic E-state index is 0.248. The van der Waals surface area contributed by atoms with Crippen LogP contribution in [0, 0.1) is 6.92 Å². The van der Waals surface area contributed by atoms with Gasteiger partial charge in [0.15, 0.2) is 6.10 Å². The van der Waals surface area contributed by atoms with Gasteiger partial charge in [-0.2, -0.15) is 0 Å². The molecule has 0 unspecified atom stereocenters. The minimum atomic E-state index is -0.764. The van der Waals surface area contributed by atoms with Crippen molar-refractivity contribution < 1.29 is 14.3 Å². The predicted octanol–water partition coefficient (Wildman–Crippen LogP) is 2.50. The Morgan fingerprint density at radius 1 is 1.09 bits per heavy atom. The summed E-state index contributed by atoms with van der Waals surface area (Å²) in [6.07, 6.45) is -0.764. The SMILES string of the molecule is Cc1ccccc1NC(=O)[C@@H](C)Oc1ccccc1C(N)=O. The molecule has 114 valence electrons. The summed E-state index contributed by atoms with van der Waals surface area (Å²) in [5.74, 6) is -0.599. The first-order valence-corrected chi connectivity index (χ1v) is 6.91. The van der Waals surface area contributed by atoms with Gasteiger partial charge in [0.2, 0.25) is 0 Å². The molecule has 5 nitrogen and oxygen atoms in total. The number of nitrogens with one attached hydrogen (secondary N) is 1. The molecule has 0 bridgehead atoms. The molecule has 0 spiro atoms. The first-order chi connectivity index (χ1) is 10.5. The Hall–Kier alpha value is -2.82. The van der Waals surface area contributed by atoms with Crippen LogP contribution in [0.4, 0.5) is 5.69 Å². The van der Waals surface area contributed by atoms with E-state index >= 15 is 0 Å². The zero-order valence-corrected chi connectivity index (χ0v) is 12.5. The van der Waals surface area contributed by atoms with Crippen LogP contribution in [0.3, 0.4) is 0 Å². The van der Waals surface area contributed by atoms with Gasteiger partial charge in [-0.25, -0.2) is 0 Å². The predicted molar refractivity (Wildman–Crippen MR) is 84.9 cm³/mol. The number of rotatable bonds is 5. The number of primary amides is 1. The molecule has 0 fully saturated rings. The molecule has 2 aromatic carbocycles. The minimum Gasteiger partial charge on any atom is -0.480 e. The van der Waals surface area contributed by atoms with Crippen LogP contribution in [0.5, 0.6) is 5.75 Å². The summed E-state index contributed by atoms with van der Waals surface area (Å²) in [6, 6.07) is 14.0. The number of amides is 2. The summed E-state index contributed by atoms with van der Waals surface area (Å²) < 4.78 is 5.57. The molecule has 0 aliphatic rings. The molecule has 0 aliphatic heterocycles. The van der Waals surface area contributed by atoms with E-state index in [-0.39, 0.29) is 11.5 Å². The summed E-state index contributed by atoms with van der Waals surface area (Å²) in [7, 11) is 0. The highest BCUT2D eigenvalue weighted by Gasteiger charge is 2.18. The maximum absolute atomic E-state index is 12.2. The van der Waals surface area contributed by atoms with E-state index in [0.29, 0.717) is 5.75 Å². The number of hydrogen-bond donors (Lipinski definition) is 2. The van der Waals surface area contributed by atoms with Crippen LogP contribution in [-0.2, 0) is 4.79 Å². The number of benzene rings is 2. The summed E-state index contributed by atoms with van der Waals surface area (Å²) >= 11 is 0. The van der Waals surface area contributed by atoms with Crippen molar-refractivity contribution in [2.45, 2.75) is 20.0 Å². The van der Waals surface area contributed by atoms with Gasteiger partial charge in [0.05, 0.1) is 5.56 Å². The van der Waals surface area contributed by atoms with E-state index in [2.05, 4.69) is 5.32 Å². The lowest BCUT2D eigenvalue weighted by Crippen LogP contribution is -2.31.